The lowest BCUT2D eigenvalue weighted by atomic mass is 10.3. The van der Waals surface area contributed by atoms with Crippen LogP contribution in [0, 0.1) is 0 Å². The van der Waals surface area contributed by atoms with Gasteiger partial charge in [0.1, 0.15) is 0 Å². The van der Waals surface area contributed by atoms with Gasteiger partial charge in [0.15, 0.2) is 5.65 Å². The molecule has 0 fully saturated rings. The van der Waals surface area contributed by atoms with E-state index in [4.69, 9.17) is 0 Å². The summed E-state index contributed by atoms with van der Waals surface area (Å²) in [6.07, 6.45) is 1.74. The molecular formula is C15H16N4O. The van der Waals surface area contributed by atoms with Gasteiger partial charge in [-0.1, -0.05) is 24.3 Å². The lowest BCUT2D eigenvalue weighted by Gasteiger charge is -2.18. The minimum absolute atomic E-state index is 0.0953. The van der Waals surface area contributed by atoms with Crippen LogP contribution in [0.3, 0.4) is 0 Å². The van der Waals surface area contributed by atoms with Crippen molar-refractivity contribution >= 4 is 11.3 Å². The van der Waals surface area contributed by atoms with Crippen molar-refractivity contribution in [3.05, 3.63) is 65.2 Å². The Bertz CT molecular complexity index is 760. The molecule has 0 aliphatic carbocycles. The fourth-order valence-corrected chi connectivity index (χ4v) is 2.17. The summed E-state index contributed by atoms with van der Waals surface area (Å²) in [7, 11) is 2.01. The summed E-state index contributed by atoms with van der Waals surface area (Å²) in [6.45, 7) is 1.29. The standard InChI is InChI=1S/C15H16N4O/c1-17(13-7-3-2-4-8-13)11-12-19-15(20)18-10-6-5-9-14(18)16-19/h2-10H,11-12H2,1H3. The number of hydrogen-bond acceptors (Lipinski definition) is 3. The minimum Gasteiger partial charge on any atom is -0.373 e. The molecule has 0 aliphatic heterocycles. The summed E-state index contributed by atoms with van der Waals surface area (Å²) < 4.78 is 3.07. The van der Waals surface area contributed by atoms with Gasteiger partial charge in [0.05, 0.1) is 6.54 Å². The van der Waals surface area contributed by atoms with Gasteiger partial charge in [-0.2, -0.15) is 0 Å². The molecule has 0 saturated carbocycles. The number of anilines is 1. The zero-order chi connectivity index (χ0) is 13.9. The highest BCUT2D eigenvalue weighted by Crippen LogP contribution is 2.10. The number of benzene rings is 1. The van der Waals surface area contributed by atoms with Crippen molar-refractivity contribution in [3.63, 3.8) is 0 Å². The van der Waals surface area contributed by atoms with E-state index in [1.54, 1.807) is 10.6 Å². The van der Waals surface area contributed by atoms with E-state index >= 15 is 0 Å². The molecule has 3 aromatic rings. The monoisotopic (exact) mass is 268 g/mol. The largest absolute Gasteiger partial charge is 0.373 e. The van der Waals surface area contributed by atoms with E-state index < -0.39 is 0 Å². The Kier molecular flexibility index (Phi) is 3.25. The van der Waals surface area contributed by atoms with Crippen molar-refractivity contribution in [1.29, 1.82) is 0 Å². The summed E-state index contributed by atoms with van der Waals surface area (Å²) in [4.78, 5) is 14.2. The molecule has 0 aliphatic rings. The molecule has 20 heavy (non-hydrogen) atoms. The average Bonchev–Trinajstić information content (AvgIpc) is 2.83. The van der Waals surface area contributed by atoms with Gasteiger partial charge in [-0.3, -0.25) is 4.40 Å². The van der Waals surface area contributed by atoms with Crippen LogP contribution in [0.25, 0.3) is 5.65 Å². The second-order valence-electron chi connectivity index (χ2n) is 4.69. The first-order chi connectivity index (χ1) is 9.75. The summed E-state index contributed by atoms with van der Waals surface area (Å²) in [5.74, 6) is 0. The smallest absolute Gasteiger partial charge is 0.350 e. The lowest BCUT2D eigenvalue weighted by molar-refractivity contribution is 0.591. The summed E-state index contributed by atoms with van der Waals surface area (Å²) in [6, 6.07) is 15.6. The third-order valence-electron chi connectivity index (χ3n) is 3.33. The number of rotatable bonds is 4. The van der Waals surface area contributed by atoms with Gasteiger partial charge >= 0.3 is 5.69 Å². The van der Waals surface area contributed by atoms with Gasteiger partial charge in [0.2, 0.25) is 0 Å². The second-order valence-corrected chi connectivity index (χ2v) is 4.69. The molecule has 5 heteroatoms. The lowest BCUT2D eigenvalue weighted by Crippen LogP contribution is -2.28. The van der Waals surface area contributed by atoms with Crippen molar-refractivity contribution in [2.75, 3.05) is 18.5 Å². The summed E-state index contributed by atoms with van der Waals surface area (Å²) >= 11 is 0. The van der Waals surface area contributed by atoms with Crippen LogP contribution in [0.15, 0.2) is 59.5 Å². The summed E-state index contributed by atoms with van der Waals surface area (Å²) in [5, 5.41) is 4.32. The fourth-order valence-electron chi connectivity index (χ4n) is 2.17. The Morgan fingerprint density at radius 3 is 2.60 bits per heavy atom. The van der Waals surface area contributed by atoms with Crippen molar-refractivity contribution in [3.8, 4) is 0 Å². The van der Waals surface area contributed by atoms with E-state index in [1.807, 2.05) is 55.6 Å². The quantitative estimate of drug-likeness (QED) is 0.722. The van der Waals surface area contributed by atoms with Crippen molar-refractivity contribution in [2.45, 2.75) is 6.54 Å². The van der Waals surface area contributed by atoms with Crippen molar-refractivity contribution in [2.24, 2.45) is 0 Å². The molecule has 0 N–H and O–H groups in total. The first-order valence-electron chi connectivity index (χ1n) is 6.56. The third kappa shape index (κ3) is 2.30. The molecule has 0 unspecified atom stereocenters. The van der Waals surface area contributed by atoms with E-state index in [2.05, 4.69) is 10.00 Å². The molecule has 0 spiro atoms. The highest BCUT2D eigenvalue weighted by molar-refractivity contribution is 5.44. The Labute approximate surface area is 116 Å². The maximum absolute atomic E-state index is 12.1. The van der Waals surface area contributed by atoms with E-state index in [9.17, 15) is 4.79 Å². The van der Waals surface area contributed by atoms with E-state index in [0.29, 0.717) is 12.2 Å². The van der Waals surface area contributed by atoms with Crippen LogP contribution >= 0.6 is 0 Å². The van der Waals surface area contributed by atoms with Crippen LogP contribution in [0.1, 0.15) is 0 Å². The number of fused-ring (bicyclic) bond motifs is 1. The SMILES string of the molecule is CN(CCn1nc2ccccn2c1=O)c1ccccc1. The Morgan fingerprint density at radius 2 is 1.85 bits per heavy atom. The van der Waals surface area contributed by atoms with Crippen LogP contribution in [0.5, 0.6) is 0 Å². The van der Waals surface area contributed by atoms with E-state index in [1.165, 1.54) is 4.68 Å². The Morgan fingerprint density at radius 1 is 1.10 bits per heavy atom. The first kappa shape index (κ1) is 12.5. The molecular weight excluding hydrogens is 252 g/mol. The zero-order valence-electron chi connectivity index (χ0n) is 11.3. The predicted molar refractivity (Wildman–Crippen MR) is 79.2 cm³/mol. The van der Waals surface area contributed by atoms with Crippen LogP contribution < -0.4 is 10.6 Å². The number of hydrogen-bond donors (Lipinski definition) is 0. The molecule has 0 saturated heterocycles. The van der Waals surface area contributed by atoms with Gasteiger partial charge in [-0.25, -0.2) is 9.48 Å². The highest BCUT2D eigenvalue weighted by atomic mass is 16.2. The molecule has 3 rings (SSSR count). The molecule has 102 valence electrons. The molecule has 5 nitrogen and oxygen atoms in total. The molecule has 1 aromatic carbocycles. The molecule has 0 radical (unpaired) electrons. The number of likely N-dealkylation sites (N-methyl/N-ethyl adjacent to an activating group) is 1. The number of nitrogens with zero attached hydrogens (tertiary/aromatic N) is 4. The fraction of sp³-hybridized carbons (Fsp3) is 0.200. The van der Waals surface area contributed by atoms with Gasteiger partial charge in [-0.15, -0.1) is 5.10 Å². The second kappa shape index (κ2) is 5.21. The molecule has 2 aromatic heterocycles. The van der Waals surface area contributed by atoms with E-state index in [0.717, 1.165) is 12.2 Å². The van der Waals surface area contributed by atoms with Crippen molar-refractivity contribution < 1.29 is 0 Å². The minimum atomic E-state index is -0.0953. The first-order valence-corrected chi connectivity index (χ1v) is 6.56. The summed E-state index contributed by atoms with van der Waals surface area (Å²) in [5.41, 5.74) is 1.71. The van der Waals surface area contributed by atoms with Crippen LogP contribution in [0.2, 0.25) is 0 Å². The van der Waals surface area contributed by atoms with Gasteiger partial charge in [-0.05, 0) is 24.3 Å². The number of pyridine rings is 1. The highest BCUT2D eigenvalue weighted by Gasteiger charge is 2.07. The van der Waals surface area contributed by atoms with E-state index in [-0.39, 0.29) is 5.69 Å². The molecule has 0 atom stereocenters. The van der Waals surface area contributed by atoms with Gasteiger partial charge in [0, 0.05) is 25.5 Å². The third-order valence-corrected chi connectivity index (χ3v) is 3.33. The Balaban J connectivity index is 1.77. The van der Waals surface area contributed by atoms with Crippen LogP contribution in [-0.4, -0.2) is 27.8 Å². The number of aromatic nitrogens is 3. The maximum atomic E-state index is 12.1. The van der Waals surface area contributed by atoms with Crippen LogP contribution in [0.4, 0.5) is 5.69 Å². The van der Waals surface area contributed by atoms with Gasteiger partial charge in [0.25, 0.3) is 0 Å². The van der Waals surface area contributed by atoms with Crippen molar-refractivity contribution in [1.82, 2.24) is 14.2 Å². The van der Waals surface area contributed by atoms with Crippen LogP contribution in [-0.2, 0) is 6.54 Å². The normalized spacial score (nSPS) is 10.8. The molecule has 0 amide bonds. The maximum Gasteiger partial charge on any atom is 0.350 e. The Hall–Kier alpha value is -2.56. The average molecular weight is 268 g/mol. The van der Waals surface area contributed by atoms with Gasteiger partial charge < -0.3 is 4.90 Å². The topological polar surface area (TPSA) is 42.5 Å². The zero-order valence-corrected chi connectivity index (χ0v) is 11.3. The molecule has 0 bridgehead atoms. The predicted octanol–water partition coefficient (Wildman–Crippen LogP) is 1.63. The number of para-hydroxylation sites is 1. The molecule has 2 heterocycles.